The predicted octanol–water partition coefficient (Wildman–Crippen LogP) is 1.87. The molecule has 0 amide bonds. The molecule has 1 unspecified atom stereocenters. The minimum Gasteiger partial charge on any atom is -0.377 e. The van der Waals surface area contributed by atoms with E-state index in [2.05, 4.69) is 38.9 Å². The maximum absolute atomic E-state index is 5.56. The Bertz CT molecular complexity index is 613. The second-order valence-electron chi connectivity index (χ2n) is 5.39. The van der Waals surface area contributed by atoms with Crippen LogP contribution in [-0.2, 0) is 4.74 Å². The van der Waals surface area contributed by atoms with Crippen molar-refractivity contribution in [3.63, 3.8) is 0 Å². The van der Waals surface area contributed by atoms with Crippen LogP contribution in [0.1, 0.15) is 43.3 Å². The summed E-state index contributed by atoms with van der Waals surface area (Å²) in [5.41, 5.74) is 0. The highest BCUT2D eigenvalue weighted by atomic mass is 16.5. The molecule has 0 spiro atoms. The lowest BCUT2D eigenvalue weighted by Gasteiger charge is -2.34. The average Bonchev–Trinajstić information content (AvgIpc) is 2.94. The van der Waals surface area contributed by atoms with Crippen LogP contribution in [0.2, 0.25) is 0 Å². The van der Waals surface area contributed by atoms with Gasteiger partial charge >= 0.3 is 0 Å². The normalized spacial score (nSPS) is 19.2. The summed E-state index contributed by atoms with van der Waals surface area (Å²) in [7, 11) is 0. The zero-order valence-electron chi connectivity index (χ0n) is 12.5. The van der Waals surface area contributed by atoms with E-state index in [0.29, 0.717) is 24.9 Å². The molecule has 0 aromatic carbocycles. The molecule has 1 aliphatic heterocycles. The van der Waals surface area contributed by atoms with Crippen molar-refractivity contribution in [1.82, 2.24) is 20.1 Å². The third-order valence-electron chi connectivity index (χ3n) is 3.43. The average molecular weight is 289 g/mol. The number of ether oxygens (including phenoxy) is 1. The summed E-state index contributed by atoms with van der Waals surface area (Å²) in [5.74, 6) is 3.19. The van der Waals surface area contributed by atoms with Gasteiger partial charge in [0.05, 0.1) is 13.2 Å². The van der Waals surface area contributed by atoms with E-state index in [9.17, 15) is 0 Å². The molecule has 2 aromatic rings. The van der Waals surface area contributed by atoms with E-state index >= 15 is 0 Å². The van der Waals surface area contributed by atoms with Crippen molar-refractivity contribution in [1.29, 1.82) is 0 Å². The molecule has 3 heterocycles. The maximum Gasteiger partial charge on any atom is 0.251 e. The summed E-state index contributed by atoms with van der Waals surface area (Å²) >= 11 is 0. The van der Waals surface area contributed by atoms with E-state index in [4.69, 9.17) is 9.26 Å². The molecular weight excluding hydrogens is 270 g/mol. The molecule has 21 heavy (non-hydrogen) atoms. The van der Waals surface area contributed by atoms with Gasteiger partial charge in [0.15, 0.2) is 5.82 Å². The summed E-state index contributed by atoms with van der Waals surface area (Å²) in [6.45, 7) is 7.88. The highest BCUT2D eigenvalue weighted by molar-refractivity contribution is 5.40. The Kier molecular flexibility index (Phi) is 3.83. The van der Waals surface area contributed by atoms with Crippen LogP contribution in [0.4, 0.5) is 5.82 Å². The third-order valence-corrected chi connectivity index (χ3v) is 3.43. The molecule has 2 aromatic heterocycles. The Hall–Kier alpha value is -2.02. The van der Waals surface area contributed by atoms with Crippen molar-refractivity contribution in [3.8, 4) is 0 Å². The second-order valence-corrected chi connectivity index (χ2v) is 5.39. The molecule has 0 bridgehead atoms. The molecule has 1 aliphatic rings. The van der Waals surface area contributed by atoms with Gasteiger partial charge in [0.2, 0.25) is 0 Å². The standard InChI is InChI=1S/C14H19N5O2/c1-9(2)13-15-5-4-12(17-13)19-6-7-20-8-11(19)14-16-10(3)18-21-14/h4-5,9,11H,6-8H2,1-3H3. The lowest BCUT2D eigenvalue weighted by Crippen LogP contribution is -2.40. The molecule has 7 nitrogen and oxygen atoms in total. The molecule has 3 rings (SSSR count). The molecule has 1 fully saturated rings. The minimum atomic E-state index is -0.102. The van der Waals surface area contributed by atoms with Crippen LogP contribution in [-0.4, -0.2) is 39.9 Å². The smallest absolute Gasteiger partial charge is 0.251 e. The van der Waals surface area contributed by atoms with E-state index in [1.54, 1.807) is 6.20 Å². The first-order valence-corrected chi connectivity index (χ1v) is 7.12. The van der Waals surface area contributed by atoms with Crippen molar-refractivity contribution in [2.24, 2.45) is 0 Å². The van der Waals surface area contributed by atoms with Gasteiger partial charge < -0.3 is 14.2 Å². The van der Waals surface area contributed by atoms with Gasteiger partial charge in [0, 0.05) is 18.7 Å². The van der Waals surface area contributed by atoms with E-state index in [1.807, 2.05) is 13.0 Å². The first kappa shape index (κ1) is 13.9. The lowest BCUT2D eigenvalue weighted by atomic mass is 10.2. The van der Waals surface area contributed by atoms with Gasteiger partial charge in [0.1, 0.15) is 17.7 Å². The summed E-state index contributed by atoms with van der Waals surface area (Å²) in [5, 5.41) is 3.86. The van der Waals surface area contributed by atoms with Crippen LogP contribution >= 0.6 is 0 Å². The zero-order valence-corrected chi connectivity index (χ0v) is 12.5. The molecule has 0 N–H and O–H groups in total. The van der Waals surface area contributed by atoms with Crippen LogP contribution in [0.25, 0.3) is 0 Å². The van der Waals surface area contributed by atoms with Gasteiger partial charge in [-0.1, -0.05) is 19.0 Å². The molecule has 0 aliphatic carbocycles. The van der Waals surface area contributed by atoms with Crippen molar-refractivity contribution >= 4 is 5.82 Å². The number of nitrogens with zero attached hydrogens (tertiary/aromatic N) is 5. The Morgan fingerprint density at radius 1 is 1.33 bits per heavy atom. The van der Waals surface area contributed by atoms with Crippen LogP contribution in [0, 0.1) is 6.92 Å². The van der Waals surface area contributed by atoms with Crippen molar-refractivity contribution in [2.45, 2.75) is 32.7 Å². The summed E-state index contributed by atoms with van der Waals surface area (Å²) in [6.07, 6.45) is 1.79. The molecular formula is C14H19N5O2. The van der Waals surface area contributed by atoms with Crippen LogP contribution in [0.3, 0.4) is 0 Å². The minimum absolute atomic E-state index is 0.102. The fourth-order valence-corrected chi connectivity index (χ4v) is 2.33. The molecule has 0 saturated carbocycles. The monoisotopic (exact) mass is 289 g/mol. The van der Waals surface area contributed by atoms with Gasteiger partial charge in [-0.05, 0) is 13.0 Å². The number of aryl methyl sites for hydroxylation is 1. The van der Waals surface area contributed by atoms with E-state index in [-0.39, 0.29) is 12.0 Å². The fourth-order valence-electron chi connectivity index (χ4n) is 2.33. The number of hydrogen-bond donors (Lipinski definition) is 0. The van der Waals surface area contributed by atoms with E-state index < -0.39 is 0 Å². The summed E-state index contributed by atoms with van der Waals surface area (Å²) in [6, 6.07) is 1.81. The first-order valence-electron chi connectivity index (χ1n) is 7.12. The van der Waals surface area contributed by atoms with Crippen molar-refractivity contribution in [2.75, 3.05) is 24.7 Å². The van der Waals surface area contributed by atoms with Crippen molar-refractivity contribution < 1.29 is 9.26 Å². The van der Waals surface area contributed by atoms with Gasteiger partial charge in [0.25, 0.3) is 5.89 Å². The third kappa shape index (κ3) is 2.87. The molecule has 1 atom stereocenters. The Labute approximate surface area is 123 Å². The van der Waals surface area contributed by atoms with Crippen molar-refractivity contribution in [3.05, 3.63) is 29.8 Å². The Morgan fingerprint density at radius 3 is 2.90 bits per heavy atom. The molecule has 0 radical (unpaired) electrons. The number of rotatable bonds is 3. The number of hydrogen-bond acceptors (Lipinski definition) is 7. The number of aromatic nitrogens is 4. The quantitative estimate of drug-likeness (QED) is 0.853. The second kappa shape index (κ2) is 5.77. The number of anilines is 1. The highest BCUT2D eigenvalue weighted by Gasteiger charge is 2.30. The molecule has 7 heteroatoms. The SMILES string of the molecule is Cc1noc(C2COCCN2c2ccnc(C(C)C)n2)n1. The maximum atomic E-state index is 5.56. The summed E-state index contributed by atoms with van der Waals surface area (Å²) < 4.78 is 10.9. The van der Waals surface area contributed by atoms with Gasteiger partial charge in [-0.3, -0.25) is 0 Å². The lowest BCUT2D eigenvalue weighted by molar-refractivity contribution is 0.0833. The highest BCUT2D eigenvalue weighted by Crippen LogP contribution is 2.28. The van der Waals surface area contributed by atoms with Gasteiger partial charge in [-0.15, -0.1) is 0 Å². The van der Waals surface area contributed by atoms with Crippen LogP contribution in [0.5, 0.6) is 0 Å². The van der Waals surface area contributed by atoms with Gasteiger partial charge in [-0.25, -0.2) is 9.97 Å². The fraction of sp³-hybridized carbons (Fsp3) is 0.571. The largest absolute Gasteiger partial charge is 0.377 e. The predicted molar refractivity (Wildman–Crippen MR) is 76.1 cm³/mol. The number of morpholine rings is 1. The Balaban J connectivity index is 1.92. The molecule has 112 valence electrons. The topological polar surface area (TPSA) is 77.2 Å². The van der Waals surface area contributed by atoms with Gasteiger partial charge in [-0.2, -0.15) is 4.98 Å². The first-order chi connectivity index (χ1) is 10.1. The summed E-state index contributed by atoms with van der Waals surface area (Å²) in [4.78, 5) is 15.4. The van der Waals surface area contributed by atoms with Crippen LogP contribution in [0.15, 0.2) is 16.8 Å². The molecule has 1 saturated heterocycles. The van der Waals surface area contributed by atoms with E-state index in [1.165, 1.54) is 0 Å². The Morgan fingerprint density at radius 2 is 2.19 bits per heavy atom. The van der Waals surface area contributed by atoms with E-state index in [0.717, 1.165) is 18.2 Å². The van der Waals surface area contributed by atoms with Crippen LogP contribution < -0.4 is 4.90 Å². The zero-order chi connectivity index (χ0) is 14.8.